The van der Waals surface area contributed by atoms with E-state index in [1.165, 1.54) is 0 Å². The first-order valence-electron chi connectivity index (χ1n) is 8.33. The molecule has 0 atom stereocenters. The lowest BCUT2D eigenvalue weighted by Gasteiger charge is -2.20. The van der Waals surface area contributed by atoms with Gasteiger partial charge in [0.05, 0.1) is 28.7 Å². The van der Waals surface area contributed by atoms with Crippen molar-refractivity contribution in [2.24, 2.45) is 0 Å². The first kappa shape index (κ1) is 19.3. The lowest BCUT2D eigenvalue weighted by molar-refractivity contribution is -0.123. The quantitative estimate of drug-likeness (QED) is 0.794. The highest BCUT2D eigenvalue weighted by atomic mass is 35.5. The Morgan fingerprint density at radius 3 is 2.59 bits per heavy atom. The molecule has 3 rings (SSSR count). The minimum atomic E-state index is -0.366. The normalized spacial score (nSPS) is 12.4. The average Bonchev–Trinajstić information content (AvgIpc) is 2.62. The number of ether oxygens (including phenoxy) is 2. The van der Waals surface area contributed by atoms with Crippen LogP contribution in [0.2, 0.25) is 10.0 Å². The van der Waals surface area contributed by atoms with Crippen molar-refractivity contribution in [2.75, 3.05) is 25.1 Å². The lowest BCUT2D eigenvalue weighted by atomic mass is 10.1. The maximum atomic E-state index is 12.1. The topological polar surface area (TPSA) is 76.7 Å². The zero-order valence-corrected chi connectivity index (χ0v) is 16.1. The summed E-state index contributed by atoms with van der Waals surface area (Å²) in [5, 5.41) is 6.07. The summed E-state index contributed by atoms with van der Waals surface area (Å²) in [5.41, 5.74) is 2.16. The zero-order valence-electron chi connectivity index (χ0n) is 14.6. The van der Waals surface area contributed by atoms with E-state index in [1.54, 1.807) is 24.3 Å². The number of hydrogen-bond donors (Lipinski definition) is 2. The third-order valence-electron chi connectivity index (χ3n) is 3.87. The van der Waals surface area contributed by atoms with Crippen molar-refractivity contribution in [2.45, 2.75) is 13.3 Å². The molecule has 0 aliphatic carbocycles. The number of nitrogens with one attached hydrogen (secondary N) is 2. The highest BCUT2D eigenvalue weighted by molar-refractivity contribution is 6.33. The molecule has 2 aromatic rings. The fourth-order valence-electron chi connectivity index (χ4n) is 2.61. The molecule has 6 nitrogen and oxygen atoms in total. The second-order valence-electron chi connectivity index (χ2n) is 6.09. The lowest BCUT2D eigenvalue weighted by Crippen LogP contribution is -2.33. The first-order chi connectivity index (χ1) is 12.9. The molecule has 1 aliphatic heterocycles. The van der Waals surface area contributed by atoms with Crippen LogP contribution in [0, 0.1) is 6.92 Å². The number of benzene rings is 2. The molecule has 1 aliphatic rings. The van der Waals surface area contributed by atoms with E-state index in [-0.39, 0.29) is 24.8 Å². The Hall–Kier alpha value is -2.44. The van der Waals surface area contributed by atoms with Crippen molar-refractivity contribution in [1.29, 1.82) is 0 Å². The van der Waals surface area contributed by atoms with Crippen molar-refractivity contribution in [3.8, 4) is 11.5 Å². The molecule has 0 fully saturated rings. The van der Waals surface area contributed by atoms with Gasteiger partial charge in [-0.25, -0.2) is 0 Å². The number of carbonyl (C=O) groups excluding carboxylic acids is 2. The second-order valence-corrected chi connectivity index (χ2v) is 6.90. The summed E-state index contributed by atoms with van der Waals surface area (Å²) in [6, 6.07) is 8.68. The van der Waals surface area contributed by atoms with E-state index in [9.17, 15) is 9.59 Å². The Bertz CT molecular complexity index is 886. The van der Waals surface area contributed by atoms with Crippen molar-refractivity contribution < 1.29 is 19.1 Å². The van der Waals surface area contributed by atoms with E-state index in [0.29, 0.717) is 46.0 Å². The van der Waals surface area contributed by atoms with Gasteiger partial charge in [-0.05, 0) is 42.3 Å². The monoisotopic (exact) mass is 408 g/mol. The summed E-state index contributed by atoms with van der Waals surface area (Å²) >= 11 is 12.2. The Labute approximate surface area is 166 Å². The van der Waals surface area contributed by atoms with E-state index in [1.807, 2.05) is 13.0 Å². The van der Waals surface area contributed by atoms with Gasteiger partial charge in [-0.2, -0.15) is 0 Å². The van der Waals surface area contributed by atoms with Gasteiger partial charge >= 0.3 is 0 Å². The standard InChI is InChI=1S/C19H18Cl2N2O4/c1-11-2-3-15(13(20)6-11)23-18(25)10-22-17(24)9-12-7-14(21)19-16(8-12)26-4-5-27-19/h2-3,6-8H,4-5,9-10H2,1H3,(H,22,24)(H,23,25). The number of hydrogen-bond acceptors (Lipinski definition) is 4. The van der Waals surface area contributed by atoms with Gasteiger partial charge in [0.1, 0.15) is 13.2 Å². The van der Waals surface area contributed by atoms with Crippen molar-refractivity contribution in [3.63, 3.8) is 0 Å². The number of rotatable bonds is 5. The molecule has 0 saturated heterocycles. The molecule has 2 amide bonds. The Morgan fingerprint density at radius 1 is 1.04 bits per heavy atom. The molecule has 2 aromatic carbocycles. The highest BCUT2D eigenvalue weighted by Gasteiger charge is 2.18. The third kappa shape index (κ3) is 5.05. The van der Waals surface area contributed by atoms with Crippen LogP contribution in [0.25, 0.3) is 0 Å². The van der Waals surface area contributed by atoms with Crippen LogP contribution in [-0.4, -0.2) is 31.6 Å². The fourth-order valence-corrected chi connectivity index (χ4v) is 3.18. The van der Waals surface area contributed by atoms with Crippen LogP contribution in [0.1, 0.15) is 11.1 Å². The Balaban J connectivity index is 1.53. The zero-order chi connectivity index (χ0) is 19.4. The van der Waals surface area contributed by atoms with E-state index < -0.39 is 0 Å². The van der Waals surface area contributed by atoms with Crippen LogP contribution in [0.4, 0.5) is 5.69 Å². The number of fused-ring (bicyclic) bond motifs is 1. The Kier molecular flexibility index (Phi) is 6.08. The van der Waals surface area contributed by atoms with Gasteiger partial charge in [0, 0.05) is 0 Å². The number of amides is 2. The molecule has 2 N–H and O–H groups in total. The van der Waals surface area contributed by atoms with E-state index >= 15 is 0 Å². The van der Waals surface area contributed by atoms with E-state index in [4.69, 9.17) is 32.7 Å². The van der Waals surface area contributed by atoms with Crippen molar-refractivity contribution >= 4 is 40.7 Å². The van der Waals surface area contributed by atoms with Gasteiger partial charge in [0.2, 0.25) is 11.8 Å². The van der Waals surface area contributed by atoms with Gasteiger partial charge < -0.3 is 20.1 Å². The molecule has 0 spiro atoms. The highest BCUT2D eigenvalue weighted by Crippen LogP contribution is 2.38. The van der Waals surface area contributed by atoms with Crippen LogP contribution in [-0.2, 0) is 16.0 Å². The predicted molar refractivity (Wildman–Crippen MR) is 104 cm³/mol. The number of aryl methyl sites for hydroxylation is 1. The summed E-state index contributed by atoms with van der Waals surface area (Å²) in [6.07, 6.45) is 0.0644. The second kappa shape index (κ2) is 8.50. The van der Waals surface area contributed by atoms with Gasteiger partial charge in [0.15, 0.2) is 11.5 Å². The fraction of sp³-hybridized carbons (Fsp3) is 0.263. The smallest absolute Gasteiger partial charge is 0.243 e. The summed E-state index contributed by atoms with van der Waals surface area (Å²) in [4.78, 5) is 24.1. The molecule has 0 radical (unpaired) electrons. The van der Waals surface area contributed by atoms with Gasteiger partial charge in [-0.15, -0.1) is 0 Å². The number of carbonyl (C=O) groups is 2. The molecule has 1 heterocycles. The van der Waals surface area contributed by atoms with E-state index in [0.717, 1.165) is 5.56 Å². The first-order valence-corrected chi connectivity index (χ1v) is 9.08. The van der Waals surface area contributed by atoms with Crippen LogP contribution in [0.5, 0.6) is 11.5 Å². The summed E-state index contributed by atoms with van der Waals surface area (Å²) in [5.74, 6) is 0.326. The molecule has 142 valence electrons. The summed E-state index contributed by atoms with van der Waals surface area (Å²) in [6.45, 7) is 2.61. The molecule has 8 heteroatoms. The largest absolute Gasteiger partial charge is 0.486 e. The van der Waals surface area contributed by atoms with Crippen LogP contribution >= 0.6 is 23.2 Å². The number of anilines is 1. The molecule has 0 aromatic heterocycles. The van der Waals surface area contributed by atoms with Crippen LogP contribution in [0.15, 0.2) is 30.3 Å². The average molecular weight is 409 g/mol. The van der Waals surface area contributed by atoms with Gasteiger partial charge in [-0.3, -0.25) is 9.59 Å². The Morgan fingerprint density at radius 2 is 1.81 bits per heavy atom. The minimum absolute atomic E-state index is 0.0644. The third-order valence-corrected chi connectivity index (χ3v) is 4.46. The molecular weight excluding hydrogens is 391 g/mol. The molecule has 0 bridgehead atoms. The minimum Gasteiger partial charge on any atom is -0.486 e. The van der Waals surface area contributed by atoms with Gasteiger partial charge in [-0.1, -0.05) is 29.3 Å². The summed E-state index contributed by atoms with van der Waals surface area (Å²) < 4.78 is 10.9. The maximum absolute atomic E-state index is 12.1. The maximum Gasteiger partial charge on any atom is 0.243 e. The predicted octanol–water partition coefficient (Wildman–Crippen LogP) is 3.37. The van der Waals surface area contributed by atoms with Gasteiger partial charge in [0.25, 0.3) is 0 Å². The molecular formula is C19H18Cl2N2O4. The van der Waals surface area contributed by atoms with Crippen molar-refractivity contribution in [3.05, 3.63) is 51.5 Å². The molecule has 27 heavy (non-hydrogen) atoms. The van der Waals surface area contributed by atoms with Crippen LogP contribution < -0.4 is 20.1 Å². The molecule has 0 saturated carbocycles. The summed E-state index contributed by atoms with van der Waals surface area (Å²) in [7, 11) is 0. The SMILES string of the molecule is Cc1ccc(NC(=O)CNC(=O)Cc2cc(Cl)c3c(c2)OCCO3)c(Cl)c1. The van der Waals surface area contributed by atoms with Crippen LogP contribution in [0.3, 0.4) is 0 Å². The number of halogens is 2. The van der Waals surface area contributed by atoms with E-state index in [2.05, 4.69) is 10.6 Å². The molecule has 0 unspecified atom stereocenters. The van der Waals surface area contributed by atoms with Crippen molar-refractivity contribution in [1.82, 2.24) is 5.32 Å².